The van der Waals surface area contributed by atoms with Crippen molar-refractivity contribution >= 4 is 37.3 Å². The summed E-state index contributed by atoms with van der Waals surface area (Å²) in [6.45, 7) is 6.88. The smallest absolute Gasteiger partial charge is 0.407 e. The van der Waals surface area contributed by atoms with Crippen LogP contribution in [0.3, 0.4) is 0 Å². The lowest BCUT2D eigenvalue weighted by Crippen LogP contribution is -2.37. The molecule has 0 aromatic rings. The standard InChI is InChI=1S/C15H28N2O4S2/c1-11(2)14(18)21-10-6-13(23)12(22)5-7-17(15(19)20)9-8-16(3)4/h12-13,22-23H,1,5-10H2,2-4H3,(H,19,20). The van der Waals surface area contributed by atoms with Crippen molar-refractivity contribution in [2.75, 3.05) is 40.3 Å². The van der Waals surface area contributed by atoms with Crippen LogP contribution in [0.15, 0.2) is 12.2 Å². The summed E-state index contributed by atoms with van der Waals surface area (Å²) < 4.78 is 5.02. The second-order valence-electron chi connectivity index (χ2n) is 5.70. The largest absolute Gasteiger partial charge is 0.465 e. The van der Waals surface area contributed by atoms with Gasteiger partial charge in [0.25, 0.3) is 0 Å². The zero-order chi connectivity index (χ0) is 18.0. The van der Waals surface area contributed by atoms with Crippen molar-refractivity contribution in [2.45, 2.75) is 30.3 Å². The molecule has 0 spiro atoms. The first-order chi connectivity index (χ1) is 10.6. The van der Waals surface area contributed by atoms with E-state index in [1.165, 1.54) is 4.90 Å². The van der Waals surface area contributed by atoms with Crippen molar-refractivity contribution in [3.05, 3.63) is 12.2 Å². The highest BCUT2D eigenvalue weighted by molar-refractivity contribution is 7.85. The van der Waals surface area contributed by atoms with Gasteiger partial charge < -0.3 is 19.6 Å². The maximum Gasteiger partial charge on any atom is 0.407 e. The first kappa shape index (κ1) is 22.1. The molecule has 0 heterocycles. The molecule has 0 aromatic carbocycles. The Morgan fingerprint density at radius 2 is 1.70 bits per heavy atom. The van der Waals surface area contributed by atoms with E-state index in [0.29, 0.717) is 38.0 Å². The number of carboxylic acid groups (broad SMARTS) is 1. The molecule has 134 valence electrons. The van der Waals surface area contributed by atoms with E-state index in [2.05, 4.69) is 31.8 Å². The van der Waals surface area contributed by atoms with E-state index in [9.17, 15) is 14.7 Å². The fourth-order valence-electron chi connectivity index (χ4n) is 1.69. The molecular formula is C15H28N2O4S2. The molecule has 23 heavy (non-hydrogen) atoms. The quantitative estimate of drug-likeness (QED) is 0.297. The Labute approximate surface area is 149 Å². The molecule has 2 atom stereocenters. The Hall–Kier alpha value is -0.860. The molecule has 1 amide bonds. The lowest BCUT2D eigenvalue weighted by molar-refractivity contribution is -0.139. The number of amides is 1. The first-order valence-corrected chi connectivity index (χ1v) is 8.49. The lowest BCUT2D eigenvalue weighted by Gasteiger charge is -2.24. The number of ether oxygens (including phenoxy) is 1. The predicted octanol–water partition coefficient (Wildman–Crippen LogP) is 2.02. The highest BCUT2D eigenvalue weighted by Crippen LogP contribution is 2.17. The molecule has 8 heteroatoms. The Balaban J connectivity index is 4.13. The van der Waals surface area contributed by atoms with Gasteiger partial charge in [-0.05, 0) is 33.9 Å². The minimum Gasteiger partial charge on any atom is -0.465 e. The molecule has 0 bridgehead atoms. The summed E-state index contributed by atoms with van der Waals surface area (Å²) in [6, 6.07) is 0. The van der Waals surface area contributed by atoms with Crippen molar-refractivity contribution in [3.63, 3.8) is 0 Å². The summed E-state index contributed by atoms with van der Waals surface area (Å²) in [5.74, 6) is -0.415. The maximum absolute atomic E-state index is 11.3. The van der Waals surface area contributed by atoms with Gasteiger partial charge in [-0.2, -0.15) is 25.3 Å². The highest BCUT2D eigenvalue weighted by atomic mass is 32.1. The number of hydrogen-bond donors (Lipinski definition) is 3. The summed E-state index contributed by atoms with van der Waals surface area (Å²) in [7, 11) is 3.80. The number of carbonyl (C=O) groups is 2. The van der Waals surface area contributed by atoms with E-state index in [0.717, 1.165) is 0 Å². The molecule has 0 aliphatic rings. The molecule has 0 aliphatic carbocycles. The molecule has 6 nitrogen and oxygen atoms in total. The molecule has 0 aromatic heterocycles. The van der Waals surface area contributed by atoms with Gasteiger partial charge in [0, 0.05) is 35.7 Å². The van der Waals surface area contributed by atoms with Crippen LogP contribution >= 0.6 is 25.3 Å². The summed E-state index contributed by atoms with van der Waals surface area (Å²) in [6.07, 6.45) is 0.213. The van der Waals surface area contributed by atoms with Crippen molar-refractivity contribution < 1.29 is 19.4 Å². The van der Waals surface area contributed by atoms with E-state index in [4.69, 9.17) is 4.74 Å². The fourth-order valence-corrected chi connectivity index (χ4v) is 2.21. The number of rotatable bonds is 11. The average Bonchev–Trinajstić information content (AvgIpc) is 2.45. The monoisotopic (exact) mass is 364 g/mol. The number of likely N-dealkylation sites (N-methyl/N-ethyl adjacent to an activating group) is 1. The van der Waals surface area contributed by atoms with Gasteiger partial charge in [-0.15, -0.1) is 0 Å². The van der Waals surface area contributed by atoms with E-state index < -0.39 is 12.1 Å². The molecule has 0 saturated carbocycles. The number of nitrogens with zero attached hydrogens (tertiary/aromatic N) is 2. The van der Waals surface area contributed by atoms with Crippen LogP contribution in [0.4, 0.5) is 4.79 Å². The zero-order valence-electron chi connectivity index (χ0n) is 14.1. The van der Waals surface area contributed by atoms with Crippen LogP contribution in [0.25, 0.3) is 0 Å². The fraction of sp³-hybridized carbons (Fsp3) is 0.733. The average molecular weight is 365 g/mol. The Morgan fingerprint density at radius 3 is 2.17 bits per heavy atom. The normalized spacial score (nSPS) is 13.5. The number of thiol groups is 2. The van der Waals surface area contributed by atoms with Gasteiger partial charge in [-0.1, -0.05) is 6.58 Å². The van der Waals surface area contributed by atoms with Gasteiger partial charge in [0.2, 0.25) is 0 Å². The van der Waals surface area contributed by atoms with Crippen LogP contribution in [0.2, 0.25) is 0 Å². The van der Waals surface area contributed by atoms with Crippen LogP contribution < -0.4 is 0 Å². The van der Waals surface area contributed by atoms with Crippen molar-refractivity contribution in [2.24, 2.45) is 0 Å². The van der Waals surface area contributed by atoms with Crippen LogP contribution in [-0.4, -0.2) is 77.8 Å². The van der Waals surface area contributed by atoms with Gasteiger partial charge in [0.15, 0.2) is 0 Å². The second-order valence-corrected chi connectivity index (χ2v) is 7.03. The molecule has 0 aliphatic heterocycles. The van der Waals surface area contributed by atoms with Gasteiger partial charge in [-0.25, -0.2) is 9.59 Å². The van der Waals surface area contributed by atoms with Crippen LogP contribution in [0.1, 0.15) is 19.8 Å². The molecule has 1 N–H and O–H groups in total. The minimum absolute atomic E-state index is 0.0805. The second kappa shape index (κ2) is 11.6. The lowest BCUT2D eigenvalue weighted by atomic mass is 10.1. The molecular weight excluding hydrogens is 336 g/mol. The number of esters is 1. The van der Waals surface area contributed by atoms with Gasteiger partial charge in [0.1, 0.15) is 0 Å². The zero-order valence-corrected chi connectivity index (χ0v) is 15.9. The van der Waals surface area contributed by atoms with Gasteiger partial charge in [-0.3, -0.25) is 0 Å². The highest BCUT2D eigenvalue weighted by Gasteiger charge is 2.18. The topological polar surface area (TPSA) is 70.1 Å². The SMILES string of the molecule is C=C(C)C(=O)OCCC(S)C(S)CCN(CCN(C)C)C(=O)O. The van der Waals surface area contributed by atoms with E-state index in [1.807, 2.05) is 19.0 Å². The Morgan fingerprint density at radius 1 is 1.13 bits per heavy atom. The van der Waals surface area contributed by atoms with Gasteiger partial charge >= 0.3 is 12.1 Å². The first-order valence-electron chi connectivity index (χ1n) is 7.46. The Kier molecular flexibility index (Phi) is 11.2. The van der Waals surface area contributed by atoms with Crippen LogP contribution in [-0.2, 0) is 9.53 Å². The van der Waals surface area contributed by atoms with E-state index >= 15 is 0 Å². The molecule has 0 saturated heterocycles. The van der Waals surface area contributed by atoms with E-state index in [1.54, 1.807) is 6.92 Å². The van der Waals surface area contributed by atoms with Crippen molar-refractivity contribution in [3.8, 4) is 0 Å². The minimum atomic E-state index is -0.932. The van der Waals surface area contributed by atoms with Crippen molar-refractivity contribution in [1.82, 2.24) is 9.80 Å². The maximum atomic E-state index is 11.3. The molecule has 0 rings (SSSR count). The molecule has 0 fully saturated rings. The summed E-state index contributed by atoms with van der Waals surface area (Å²) in [5.41, 5.74) is 0.362. The van der Waals surface area contributed by atoms with Crippen LogP contribution in [0, 0.1) is 0 Å². The van der Waals surface area contributed by atoms with Gasteiger partial charge in [0.05, 0.1) is 6.61 Å². The summed E-state index contributed by atoms with van der Waals surface area (Å²) in [5, 5.41) is 9.03. The third kappa shape index (κ3) is 10.5. The van der Waals surface area contributed by atoms with Crippen LogP contribution in [0.5, 0.6) is 0 Å². The predicted molar refractivity (Wildman–Crippen MR) is 98.7 cm³/mol. The number of carbonyl (C=O) groups excluding carboxylic acids is 1. The van der Waals surface area contributed by atoms with Crippen molar-refractivity contribution in [1.29, 1.82) is 0 Å². The molecule has 2 unspecified atom stereocenters. The molecule has 0 radical (unpaired) electrons. The number of hydrogen-bond acceptors (Lipinski definition) is 6. The Bertz CT molecular complexity index is 405. The third-order valence-electron chi connectivity index (χ3n) is 3.22. The van der Waals surface area contributed by atoms with E-state index in [-0.39, 0.29) is 17.1 Å². The summed E-state index contributed by atoms with van der Waals surface area (Å²) >= 11 is 8.93. The third-order valence-corrected chi connectivity index (χ3v) is 4.69. The summed E-state index contributed by atoms with van der Waals surface area (Å²) in [4.78, 5) is 25.8.